The fraction of sp³-hybridized carbons (Fsp3) is 0.444. The highest BCUT2D eigenvalue weighted by Gasteiger charge is 2.34. The summed E-state index contributed by atoms with van der Waals surface area (Å²) < 4.78 is 11.8. The van der Waals surface area contributed by atoms with Gasteiger partial charge in [-0.2, -0.15) is 0 Å². The molecule has 2 N–H and O–H groups in total. The number of carbonyl (C=O) groups is 1. The Hall–Kier alpha value is -3.39. The summed E-state index contributed by atoms with van der Waals surface area (Å²) in [6, 6.07) is 10.3. The van der Waals surface area contributed by atoms with Gasteiger partial charge in [0.2, 0.25) is 11.8 Å². The van der Waals surface area contributed by atoms with Crippen LogP contribution in [0.1, 0.15) is 25.7 Å². The predicted molar refractivity (Wildman–Crippen MR) is 137 cm³/mol. The summed E-state index contributed by atoms with van der Waals surface area (Å²) in [7, 11) is 0. The average molecular weight is 476 g/mol. The van der Waals surface area contributed by atoms with E-state index in [1.54, 1.807) is 0 Å². The van der Waals surface area contributed by atoms with Crippen LogP contribution in [0.3, 0.4) is 0 Å². The fourth-order valence-electron chi connectivity index (χ4n) is 5.08. The number of pyridine rings is 1. The Kier molecular flexibility index (Phi) is 6.99. The lowest BCUT2D eigenvalue weighted by Crippen LogP contribution is -2.39. The highest BCUT2D eigenvalue weighted by Crippen LogP contribution is 2.27. The van der Waals surface area contributed by atoms with Gasteiger partial charge in [-0.3, -0.25) is 9.78 Å². The van der Waals surface area contributed by atoms with Crippen LogP contribution in [0.2, 0.25) is 0 Å². The number of benzene rings is 1. The van der Waals surface area contributed by atoms with Crippen LogP contribution < -0.4 is 10.6 Å². The number of carbonyl (C=O) groups excluding carboxylic acids is 1. The molecule has 0 spiro atoms. The second-order valence-corrected chi connectivity index (χ2v) is 9.38. The zero-order valence-electron chi connectivity index (χ0n) is 20.1. The number of aliphatic imine (C=N–C) groups is 1. The molecule has 0 saturated carbocycles. The van der Waals surface area contributed by atoms with Crippen molar-refractivity contribution in [2.24, 2.45) is 16.6 Å². The molecule has 2 fully saturated rings. The summed E-state index contributed by atoms with van der Waals surface area (Å²) in [5.41, 5.74) is 10.1. The second-order valence-electron chi connectivity index (χ2n) is 9.38. The second kappa shape index (κ2) is 10.5. The molecule has 0 aliphatic carbocycles. The third-order valence-corrected chi connectivity index (χ3v) is 7.10. The lowest BCUT2D eigenvalue weighted by atomic mass is 9.99. The zero-order valence-corrected chi connectivity index (χ0v) is 20.1. The van der Waals surface area contributed by atoms with Gasteiger partial charge in [-0.15, -0.1) is 0 Å². The van der Waals surface area contributed by atoms with E-state index in [2.05, 4.69) is 33.6 Å². The minimum atomic E-state index is -0.115. The Morgan fingerprint density at radius 3 is 2.89 bits per heavy atom. The molecule has 1 atom stereocenters. The van der Waals surface area contributed by atoms with E-state index in [4.69, 9.17) is 15.2 Å². The van der Waals surface area contributed by atoms with Crippen LogP contribution in [0.5, 0.6) is 0 Å². The van der Waals surface area contributed by atoms with E-state index in [9.17, 15) is 4.79 Å². The highest BCUT2D eigenvalue weighted by atomic mass is 16.5. The molecule has 1 amide bonds. The summed E-state index contributed by atoms with van der Waals surface area (Å²) in [6.07, 6.45) is 6.36. The molecule has 8 heteroatoms. The molecule has 0 radical (unpaired) electrons. The molecular formula is C27H33N5O3. The monoisotopic (exact) mass is 475 g/mol. The molecule has 3 aliphatic rings. The van der Waals surface area contributed by atoms with Gasteiger partial charge in [0.1, 0.15) is 6.10 Å². The molecule has 0 unspecified atom stereocenters. The zero-order chi connectivity index (χ0) is 24.2. The molecule has 2 saturated heterocycles. The third-order valence-electron chi connectivity index (χ3n) is 7.10. The maximum atomic E-state index is 12.9. The Morgan fingerprint density at radius 2 is 2.06 bits per heavy atom. The summed E-state index contributed by atoms with van der Waals surface area (Å²) in [4.78, 5) is 26.2. The number of likely N-dealkylation sites (tertiary alicyclic amines) is 1. The molecule has 2 aromatic rings. The van der Waals surface area contributed by atoms with Crippen LogP contribution >= 0.6 is 0 Å². The molecule has 4 heterocycles. The number of nitrogens with zero attached hydrogens (tertiary/aromatic N) is 4. The summed E-state index contributed by atoms with van der Waals surface area (Å²) in [5, 5.41) is 1.10. The Labute approximate surface area is 206 Å². The van der Waals surface area contributed by atoms with Crippen LogP contribution in [0, 0.1) is 5.92 Å². The Bertz CT molecular complexity index is 1150. The quantitative estimate of drug-likeness (QED) is 0.527. The normalized spacial score (nSPS) is 22.1. The number of rotatable bonds is 5. The van der Waals surface area contributed by atoms with E-state index >= 15 is 0 Å². The first-order chi connectivity index (χ1) is 17.1. The molecule has 3 aliphatic heterocycles. The topological polar surface area (TPSA) is 93.3 Å². The average Bonchev–Trinajstić information content (AvgIpc) is 3.37. The number of aromatic nitrogens is 1. The van der Waals surface area contributed by atoms with Gasteiger partial charge in [-0.1, -0.05) is 24.8 Å². The van der Waals surface area contributed by atoms with Gasteiger partial charge in [0.25, 0.3) is 0 Å². The van der Waals surface area contributed by atoms with Crippen molar-refractivity contribution in [2.75, 3.05) is 44.3 Å². The van der Waals surface area contributed by atoms with E-state index in [0.29, 0.717) is 45.2 Å². The number of fused-ring (bicyclic) bond motifs is 1. The molecule has 5 rings (SSSR count). The number of hydrogen-bond acceptors (Lipinski definition) is 7. The van der Waals surface area contributed by atoms with E-state index in [1.165, 1.54) is 6.20 Å². The van der Waals surface area contributed by atoms with Gasteiger partial charge >= 0.3 is 0 Å². The number of anilines is 1. The van der Waals surface area contributed by atoms with Crippen molar-refractivity contribution in [1.82, 2.24) is 9.88 Å². The minimum Gasteiger partial charge on any atom is -0.472 e. The van der Waals surface area contributed by atoms with Crippen molar-refractivity contribution in [2.45, 2.75) is 31.8 Å². The van der Waals surface area contributed by atoms with Crippen LogP contribution in [-0.4, -0.2) is 67.2 Å². The SMILES string of the molecule is C=C/N=C(/O[C@H]1CCN(C(=O)C2CCOCC2)C1)C1=C(N)CCN(c2cnc3ccccc3c2)C1. The van der Waals surface area contributed by atoms with Gasteiger partial charge < -0.3 is 25.0 Å². The lowest BCUT2D eigenvalue weighted by Gasteiger charge is -2.32. The van der Waals surface area contributed by atoms with Crippen molar-refractivity contribution in [3.8, 4) is 0 Å². The number of amides is 1. The number of hydrogen-bond donors (Lipinski definition) is 1. The number of ether oxygens (including phenoxy) is 2. The van der Waals surface area contributed by atoms with E-state index in [1.807, 2.05) is 29.3 Å². The van der Waals surface area contributed by atoms with E-state index in [-0.39, 0.29) is 17.9 Å². The molecule has 1 aromatic heterocycles. The first-order valence-electron chi connectivity index (χ1n) is 12.4. The number of nitrogens with two attached hydrogens (primary N) is 1. The summed E-state index contributed by atoms with van der Waals surface area (Å²) in [5.74, 6) is 0.777. The molecule has 184 valence electrons. The van der Waals surface area contributed by atoms with Crippen molar-refractivity contribution >= 4 is 28.4 Å². The van der Waals surface area contributed by atoms with Crippen LogP contribution in [0.4, 0.5) is 5.69 Å². The Morgan fingerprint density at radius 1 is 1.23 bits per heavy atom. The summed E-state index contributed by atoms with van der Waals surface area (Å²) in [6.45, 7) is 7.75. The predicted octanol–water partition coefficient (Wildman–Crippen LogP) is 3.24. The first-order valence-corrected chi connectivity index (χ1v) is 12.4. The highest BCUT2D eigenvalue weighted by molar-refractivity contribution is 5.96. The van der Waals surface area contributed by atoms with Gasteiger partial charge in [0.05, 0.1) is 36.1 Å². The molecular weight excluding hydrogens is 442 g/mol. The fourth-order valence-corrected chi connectivity index (χ4v) is 5.08. The van der Waals surface area contributed by atoms with E-state index < -0.39 is 0 Å². The standard InChI is InChI=1S/C27H33N5O3/c1-2-29-26(35-22-7-11-32(17-22)27(33)19-9-13-34-14-10-19)23-18-31(12-8-24(23)28)21-15-20-5-3-4-6-25(20)30-16-21/h2-6,15-16,19,22H,1,7-14,17-18,28H2/b29-26+/t22-/m0/s1. The van der Waals surface area contributed by atoms with Crippen LogP contribution in [-0.2, 0) is 14.3 Å². The molecule has 35 heavy (non-hydrogen) atoms. The van der Waals surface area contributed by atoms with Crippen molar-refractivity contribution in [3.05, 3.63) is 60.6 Å². The minimum absolute atomic E-state index is 0.0598. The molecule has 8 nitrogen and oxygen atoms in total. The number of para-hydroxylation sites is 1. The summed E-state index contributed by atoms with van der Waals surface area (Å²) >= 11 is 0. The van der Waals surface area contributed by atoms with Gasteiger partial charge in [0.15, 0.2) is 0 Å². The van der Waals surface area contributed by atoms with Crippen molar-refractivity contribution in [3.63, 3.8) is 0 Å². The van der Waals surface area contributed by atoms with E-state index in [0.717, 1.165) is 53.7 Å². The first kappa shape index (κ1) is 23.4. The molecule has 0 bridgehead atoms. The Balaban J connectivity index is 1.27. The maximum Gasteiger partial charge on any atom is 0.225 e. The largest absolute Gasteiger partial charge is 0.472 e. The van der Waals surface area contributed by atoms with Crippen LogP contribution in [0.15, 0.2) is 65.6 Å². The van der Waals surface area contributed by atoms with Crippen LogP contribution in [0.25, 0.3) is 10.9 Å². The van der Waals surface area contributed by atoms with Crippen molar-refractivity contribution < 1.29 is 14.3 Å². The maximum absolute atomic E-state index is 12.9. The van der Waals surface area contributed by atoms with Crippen molar-refractivity contribution in [1.29, 1.82) is 0 Å². The van der Waals surface area contributed by atoms with Gasteiger partial charge in [0, 0.05) is 62.3 Å². The third kappa shape index (κ3) is 5.17. The van der Waals surface area contributed by atoms with Gasteiger partial charge in [-0.05, 0) is 25.0 Å². The molecule has 1 aromatic carbocycles. The smallest absolute Gasteiger partial charge is 0.225 e. The van der Waals surface area contributed by atoms with Gasteiger partial charge in [-0.25, -0.2) is 4.99 Å². The lowest BCUT2D eigenvalue weighted by molar-refractivity contribution is -0.137.